The number of hydrogen-bond donors (Lipinski definition) is 1. The van der Waals surface area contributed by atoms with Crippen molar-refractivity contribution in [1.29, 1.82) is 0 Å². The van der Waals surface area contributed by atoms with E-state index < -0.39 is 4.92 Å². The van der Waals surface area contributed by atoms with Gasteiger partial charge < -0.3 is 10.1 Å². The van der Waals surface area contributed by atoms with Crippen LogP contribution in [0.3, 0.4) is 0 Å². The molecule has 0 unspecified atom stereocenters. The Morgan fingerprint density at radius 1 is 1.20 bits per heavy atom. The van der Waals surface area contributed by atoms with Crippen molar-refractivity contribution in [1.82, 2.24) is 4.98 Å². The van der Waals surface area contributed by atoms with Gasteiger partial charge in [-0.05, 0) is 31.2 Å². The third kappa shape index (κ3) is 4.34. The van der Waals surface area contributed by atoms with E-state index in [-0.39, 0.29) is 28.4 Å². The first kappa shape index (κ1) is 18.9. The van der Waals surface area contributed by atoms with Crippen LogP contribution in [0, 0.1) is 17.0 Å². The fraction of sp³-hybridized carbons (Fsp3) is 0.118. The van der Waals surface area contributed by atoms with Crippen molar-refractivity contribution in [3.05, 3.63) is 63.5 Å². The molecule has 0 aliphatic heterocycles. The molecule has 0 spiro atoms. The van der Waals surface area contributed by atoms with E-state index in [0.717, 1.165) is 10.8 Å². The Bertz CT molecular complexity index is 881. The number of aromatic nitrogens is 1. The Morgan fingerprint density at radius 2 is 1.92 bits per heavy atom. The highest BCUT2D eigenvalue weighted by molar-refractivity contribution is 8.93. The van der Waals surface area contributed by atoms with Crippen LogP contribution in [0.2, 0.25) is 0 Å². The van der Waals surface area contributed by atoms with Gasteiger partial charge in [0.1, 0.15) is 0 Å². The highest BCUT2D eigenvalue weighted by atomic mass is 79.9. The monoisotopic (exact) mass is 421 g/mol. The molecule has 0 atom stereocenters. The van der Waals surface area contributed by atoms with Crippen molar-refractivity contribution in [3.8, 4) is 17.0 Å². The molecule has 3 aromatic rings. The summed E-state index contributed by atoms with van der Waals surface area (Å²) >= 11 is 1.44. The fourth-order valence-corrected chi connectivity index (χ4v) is 2.96. The lowest BCUT2D eigenvalue weighted by Gasteiger charge is -2.04. The number of rotatable bonds is 5. The van der Waals surface area contributed by atoms with E-state index >= 15 is 0 Å². The van der Waals surface area contributed by atoms with Gasteiger partial charge in [0, 0.05) is 22.7 Å². The Morgan fingerprint density at radius 3 is 2.56 bits per heavy atom. The van der Waals surface area contributed by atoms with Crippen molar-refractivity contribution in [2.24, 2.45) is 0 Å². The zero-order chi connectivity index (χ0) is 17.1. The molecule has 0 amide bonds. The maximum Gasteiger partial charge on any atom is 0.311 e. The topological polar surface area (TPSA) is 77.3 Å². The Hall–Kier alpha value is -2.45. The zero-order valence-electron chi connectivity index (χ0n) is 13.6. The predicted molar refractivity (Wildman–Crippen MR) is 106 cm³/mol. The van der Waals surface area contributed by atoms with Gasteiger partial charge in [0.15, 0.2) is 10.9 Å². The normalized spacial score (nSPS) is 10.0. The molecule has 0 aliphatic carbocycles. The van der Waals surface area contributed by atoms with E-state index in [1.165, 1.54) is 30.1 Å². The van der Waals surface area contributed by atoms with Gasteiger partial charge in [-0.1, -0.05) is 17.7 Å². The van der Waals surface area contributed by atoms with Gasteiger partial charge >= 0.3 is 5.69 Å². The van der Waals surface area contributed by atoms with Gasteiger partial charge in [0.2, 0.25) is 0 Å². The first-order chi connectivity index (χ1) is 11.6. The summed E-state index contributed by atoms with van der Waals surface area (Å²) in [4.78, 5) is 15.2. The van der Waals surface area contributed by atoms with Crippen LogP contribution < -0.4 is 10.1 Å². The van der Waals surface area contributed by atoms with Crippen LogP contribution >= 0.6 is 28.3 Å². The molecule has 1 aromatic heterocycles. The minimum Gasteiger partial charge on any atom is -0.490 e. The second-order valence-electron chi connectivity index (χ2n) is 5.17. The number of halogens is 1. The van der Waals surface area contributed by atoms with Gasteiger partial charge in [0.25, 0.3) is 0 Å². The first-order valence-electron chi connectivity index (χ1n) is 7.19. The van der Waals surface area contributed by atoms with Gasteiger partial charge in [-0.2, -0.15) is 0 Å². The molecule has 0 saturated carbocycles. The summed E-state index contributed by atoms with van der Waals surface area (Å²) in [5.41, 5.74) is 3.42. The number of aryl methyl sites for hydroxylation is 1. The van der Waals surface area contributed by atoms with Crippen molar-refractivity contribution in [3.63, 3.8) is 0 Å². The molecule has 2 aromatic carbocycles. The lowest BCUT2D eigenvalue weighted by Crippen LogP contribution is -1.94. The lowest BCUT2D eigenvalue weighted by molar-refractivity contribution is -0.385. The molecule has 25 heavy (non-hydrogen) atoms. The Labute approximate surface area is 159 Å². The molecule has 0 saturated heterocycles. The summed E-state index contributed by atoms with van der Waals surface area (Å²) in [5, 5.41) is 17.0. The number of methoxy groups -OCH3 is 1. The van der Waals surface area contributed by atoms with Crippen LogP contribution in [0.4, 0.5) is 16.5 Å². The number of benzene rings is 2. The largest absolute Gasteiger partial charge is 0.490 e. The second-order valence-corrected chi connectivity index (χ2v) is 6.03. The maximum absolute atomic E-state index is 11.1. The lowest BCUT2D eigenvalue weighted by atomic mass is 10.1. The number of thiazole rings is 1. The molecule has 130 valence electrons. The van der Waals surface area contributed by atoms with Gasteiger partial charge in [0.05, 0.1) is 17.7 Å². The molecular weight excluding hydrogens is 406 g/mol. The minimum absolute atomic E-state index is 0. The SMILES string of the molecule is Br.COc1ccc(-c2csc(Nc3ccc(C)cc3)n2)cc1[N+](=O)[O-]. The van der Waals surface area contributed by atoms with Gasteiger partial charge in [-0.15, -0.1) is 28.3 Å². The molecule has 0 bridgehead atoms. The van der Waals surface area contributed by atoms with Crippen molar-refractivity contribution in [2.75, 3.05) is 12.4 Å². The minimum atomic E-state index is -0.458. The van der Waals surface area contributed by atoms with Crippen molar-refractivity contribution in [2.45, 2.75) is 6.92 Å². The van der Waals surface area contributed by atoms with Gasteiger partial charge in [-0.25, -0.2) is 4.98 Å². The number of hydrogen-bond acceptors (Lipinski definition) is 6. The van der Waals surface area contributed by atoms with Crippen LogP contribution in [-0.4, -0.2) is 17.0 Å². The smallest absolute Gasteiger partial charge is 0.311 e. The molecule has 0 fully saturated rings. The molecule has 8 heteroatoms. The molecule has 0 aliphatic rings. The van der Waals surface area contributed by atoms with Crippen molar-refractivity contribution >= 4 is 44.8 Å². The number of nitro groups is 1. The summed E-state index contributed by atoms with van der Waals surface area (Å²) in [5.74, 6) is 0.233. The summed E-state index contributed by atoms with van der Waals surface area (Å²) in [6.07, 6.45) is 0. The number of nitrogens with zero attached hydrogens (tertiary/aromatic N) is 2. The van der Waals surface area contributed by atoms with E-state index in [2.05, 4.69) is 10.3 Å². The highest BCUT2D eigenvalue weighted by Crippen LogP contribution is 2.33. The van der Waals surface area contributed by atoms with Crippen LogP contribution in [-0.2, 0) is 0 Å². The average Bonchev–Trinajstić information content (AvgIpc) is 3.05. The fourth-order valence-electron chi connectivity index (χ4n) is 2.22. The third-order valence-electron chi connectivity index (χ3n) is 3.48. The van der Waals surface area contributed by atoms with E-state index in [9.17, 15) is 10.1 Å². The van der Waals surface area contributed by atoms with Crippen molar-refractivity contribution < 1.29 is 9.66 Å². The quantitative estimate of drug-likeness (QED) is 0.443. The molecule has 1 heterocycles. The van der Waals surface area contributed by atoms with E-state index in [0.29, 0.717) is 11.3 Å². The molecule has 3 rings (SSSR count). The van der Waals surface area contributed by atoms with E-state index in [4.69, 9.17) is 4.74 Å². The third-order valence-corrected chi connectivity index (χ3v) is 4.24. The average molecular weight is 422 g/mol. The maximum atomic E-state index is 11.1. The summed E-state index contributed by atoms with van der Waals surface area (Å²) < 4.78 is 5.02. The van der Waals surface area contributed by atoms with E-state index in [1.54, 1.807) is 12.1 Å². The van der Waals surface area contributed by atoms with Crippen LogP contribution in [0.5, 0.6) is 5.75 Å². The summed E-state index contributed by atoms with van der Waals surface area (Å²) in [6, 6.07) is 12.8. The summed E-state index contributed by atoms with van der Waals surface area (Å²) in [7, 11) is 1.41. The van der Waals surface area contributed by atoms with Crippen LogP contribution in [0.15, 0.2) is 47.8 Å². The van der Waals surface area contributed by atoms with Crippen LogP contribution in [0.25, 0.3) is 11.3 Å². The summed E-state index contributed by atoms with van der Waals surface area (Å²) in [6.45, 7) is 2.03. The number of anilines is 2. The first-order valence-corrected chi connectivity index (χ1v) is 8.07. The van der Waals surface area contributed by atoms with Gasteiger partial charge in [-0.3, -0.25) is 10.1 Å². The standard InChI is InChI=1S/C17H15N3O3S.BrH/c1-11-3-6-13(7-4-11)18-17-19-14(10-24-17)12-5-8-16(23-2)15(9-12)20(21)22;/h3-10H,1-2H3,(H,18,19);1H. The van der Waals surface area contributed by atoms with E-state index in [1.807, 2.05) is 36.6 Å². The predicted octanol–water partition coefficient (Wildman–Crippen LogP) is 5.36. The number of nitrogens with one attached hydrogen (secondary N) is 1. The number of nitro benzene ring substituents is 1. The second kappa shape index (κ2) is 8.09. The molecule has 1 N–H and O–H groups in total. The molecular formula is C17H16BrN3O3S. The number of ether oxygens (including phenoxy) is 1. The Kier molecular flexibility index (Phi) is 6.11. The Balaban J connectivity index is 0.00000225. The molecule has 6 nitrogen and oxygen atoms in total. The highest BCUT2D eigenvalue weighted by Gasteiger charge is 2.17. The van der Waals surface area contributed by atoms with Crippen LogP contribution in [0.1, 0.15) is 5.56 Å². The zero-order valence-corrected chi connectivity index (χ0v) is 16.1. The molecule has 0 radical (unpaired) electrons.